The zero-order valence-corrected chi connectivity index (χ0v) is 12.9. The molecule has 0 bridgehead atoms. The molecule has 0 spiro atoms. The van der Waals surface area contributed by atoms with Gasteiger partial charge in [0.1, 0.15) is 12.4 Å². The third-order valence-corrected chi connectivity index (χ3v) is 3.68. The van der Waals surface area contributed by atoms with Gasteiger partial charge in [-0.1, -0.05) is 11.8 Å². The first-order valence-corrected chi connectivity index (χ1v) is 6.84. The van der Waals surface area contributed by atoms with Gasteiger partial charge in [0.25, 0.3) is 0 Å². The van der Waals surface area contributed by atoms with Crippen LogP contribution in [-0.4, -0.2) is 28.6 Å². The van der Waals surface area contributed by atoms with E-state index in [2.05, 4.69) is 30.8 Å². The predicted molar refractivity (Wildman–Crippen MR) is 82.5 cm³/mol. The van der Waals surface area contributed by atoms with E-state index >= 15 is 0 Å². The van der Waals surface area contributed by atoms with Crippen molar-refractivity contribution >= 4 is 0 Å². The van der Waals surface area contributed by atoms with Gasteiger partial charge in [0.2, 0.25) is 0 Å². The van der Waals surface area contributed by atoms with Crippen molar-refractivity contribution in [2.75, 3.05) is 13.7 Å². The van der Waals surface area contributed by atoms with E-state index in [1.807, 2.05) is 29.8 Å². The molecule has 4 heteroatoms. The number of aromatic nitrogens is 2. The lowest BCUT2D eigenvalue weighted by Crippen LogP contribution is -2.06. The maximum absolute atomic E-state index is 8.88. The highest BCUT2D eigenvalue weighted by molar-refractivity contribution is 5.45. The van der Waals surface area contributed by atoms with Crippen LogP contribution in [-0.2, 0) is 6.54 Å². The summed E-state index contributed by atoms with van der Waals surface area (Å²) in [6, 6.07) is 5.75. The SMILES string of the molecule is COc1ccc(C#CCO)c(Cn2nc(C)c(C)c2C)c1. The van der Waals surface area contributed by atoms with Crippen molar-refractivity contribution in [3.05, 3.63) is 46.3 Å². The summed E-state index contributed by atoms with van der Waals surface area (Å²) in [7, 11) is 1.64. The minimum Gasteiger partial charge on any atom is -0.497 e. The van der Waals surface area contributed by atoms with Crippen molar-refractivity contribution in [3.8, 4) is 17.6 Å². The van der Waals surface area contributed by atoms with E-state index in [0.717, 1.165) is 28.3 Å². The van der Waals surface area contributed by atoms with Crippen LogP contribution >= 0.6 is 0 Å². The number of aliphatic hydroxyl groups excluding tert-OH is 1. The van der Waals surface area contributed by atoms with E-state index in [9.17, 15) is 0 Å². The molecule has 0 fully saturated rings. The minimum atomic E-state index is -0.148. The molecule has 2 aromatic rings. The lowest BCUT2D eigenvalue weighted by molar-refractivity contribution is 0.350. The van der Waals surface area contributed by atoms with Gasteiger partial charge in [0.05, 0.1) is 19.3 Å². The van der Waals surface area contributed by atoms with Gasteiger partial charge in [-0.15, -0.1) is 0 Å². The van der Waals surface area contributed by atoms with Gasteiger partial charge in [-0.3, -0.25) is 4.68 Å². The third kappa shape index (κ3) is 3.26. The molecule has 0 atom stereocenters. The van der Waals surface area contributed by atoms with E-state index in [0.29, 0.717) is 6.54 Å². The molecule has 1 N–H and O–H groups in total. The van der Waals surface area contributed by atoms with Crippen LogP contribution in [0.2, 0.25) is 0 Å². The number of methoxy groups -OCH3 is 1. The number of ether oxygens (including phenoxy) is 1. The summed E-state index contributed by atoms with van der Waals surface area (Å²) in [5, 5.41) is 13.4. The summed E-state index contributed by atoms with van der Waals surface area (Å²) in [6.45, 7) is 6.63. The molecule has 1 aromatic carbocycles. The lowest BCUT2D eigenvalue weighted by Gasteiger charge is -2.09. The van der Waals surface area contributed by atoms with Crippen molar-refractivity contribution < 1.29 is 9.84 Å². The Morgan fingerprint density at radius 1 is 1.29 bits per heavy atom. The molecule has 21 heavy (non-hydrogen) atoms. The van der Waals surface area contributed by atoms with Crippen molar-refractivity contribution in [2.24, 2.45) is 0 Å². The van der Waals surface area contributed by atoms with Crippen molar-refractivity contribution in [1.82, 2.24) is 9.78 Å². The fourth-order valence-corrected chi connectivity index (χ4v) is 2.19. The smallest absolute Gasteiger partial charge is 0.119 e. The number of hydrogen-bond donors (Lipinski definition) is 1. The molecular weight excluding hydrogens is 264 g/mol. The second kappa shape index (κ2) is 6.47. The van der Waals surface area contributed by atoms with E-state index in [1.165, 1.54) is 5.56 Å². The second-order valence-corrected chi connectivity index (χ2v) is 4.94. The Hall–Kier alpha value is -2.25. The van der Waals surface area contributed by atoms with Gasteiger partial charge < -0.3 is 9.84 Å². The van der Waals surface area contributed by atoms with E-state index in [4.69, 9.17) is 9.84 Å². The van der Waals surface area contributed by atoms with Crippen LogP contribution in [0.1, 0.15) is 28.1 Å². The van der Waals surface area contributed by atoms with E-state index in [1.54, 1.807) is 7.11 Å². The third-order valence-electron chi connectivity index (χ3n) is 3.68. The molecule has 1 aromatic heterocycles. The average molecular weight is 284 g/mol. The van der Waals surface area contributed by atoms with Crippen molar-refractivity contribution in [1.29, 1.82) is 0 Å². The van der Waals surface area contributed by atoms with Crippen LogP contribution in [0.25, 0.3) is 0 Å². The van der Waals surface area contributed by atoms with Gasteiger partial charge in [-0.05, 0) is 50.1 Å². The number of aliphatic hydroxyl groups is 1. The Bertz CT molecular complexity index is 706. The highest BCUT2D eigenvalue weighted by atomic mass is 16.5. The first-order valence-electron chi connectivity index (χ1n) is 6.84. The summed E-state index contributed by atoms with van der Waals surface area (Å²) >= 11 is 0. The molecule has 110 valence electrons. The quantitative estimate of drug-likeness (QED) is 0.879. The molecule has 0 aliphatic carbocycles. The van der Waals surface area contributed by atoms with Crippen LogP contribution < -0.4 is 4.74 Å². The Morgan fingerprint density at radius 3 is 2.62 bits per heavy atom. The first kappa shape index (κ1) is 15.1. The fourth-order valence-electron chi connectivity index (χ4n) is 2.19. The predicted octanol–water partition coefficient (Wildman–Crippen LogP) is 2.21. The summed E-state index contributed by atoms with van der Waals surface area (Å²) in [4.78, 5) is 0. The monoisotopic (exact) mass is 284 g/mol. The van der Waals surface area contributed by atoms with E-state index < -0.39 is 0 Å². The summed E-state index contributed by atoms with van der Waals surface area (Å²) < 4.78 is 7.26. The highest BCUT2D eigenvalue weighted by Gasteiger charge is 2.10. The normalized spacial score (nSPS) is 10.1. The summed E-state index contributed by atoms with van der Waals surface area (Å²) in [5.74, 6) is 6.46. The standard InChI is InChI=1S/C17H20N2O2/c1-12-13(2)18-19(14(12)3)11-16-10-17(21-4)8-7-15(16)6-5-9-20/h7-8,10,20H,9,11H2,1-4H3. The van der Waals surface area contributed by atoms with Gasteiger partial charge >= 0.3 is 0 Å². The first-order chi connectivity index (χ1) is 10.1. The van der Waals surface area contributed by atoms with Gasteiger partial charge in [0, 0.05) is 11.3 Å². The molecular formula is C17H20N2O2. The number of aryl methyl sites for hydroxylation is 1. The van der Waals surface area contributed by atoms with Gasteiger partial charge in [0.15, 0.2) is 0 Å². The fraction of sp³-hybridized carbons (Fsp3) is 0.353. The van der Waals surface area contributed by atoms with Crippen molar-refractivity contribution in [3.63, 3.8) is 0 Å². The summed E-state index contributed by atoms with van der Waals surface area (Å²) in [6.07, 6.45) is 0. The maximum Gasteiger partial charge on any atom is 0.119 e. The van der Waals surface area contributed by atoms with Gasteiger partial charge in [-0.2, -0.15) is 5.10 Å². The molecule has 0 aliphatic rings. The number of hydrogen-bond acceptors (Lipinski definition) is 3. The number of nitrogens with zero attached hydrogens (tertiary/aromatic N) is 2. The highest BCUT2D eigenvalue weighted by Crippen LogP contribution is 2.20. The zero-order valence-electron chi connectivity index (χ0n) is 12.9. The number of rotatable bonds is 3. The van der Waals surface area contributed by atoms with Crippen LogP contribution in [0.15, 0.2) is 18.2 Å². The average Bonchev–Trinajstić information content (AvgIpc) is 2.73. The Balaban J connectivity index is 2.43. The molecule has 0 radical (unpaired) electrons. The molecule has 0 aliphatic heterocycles. The van der Waals surface area contributed by atoms with Crippen LogP contribution in [0, 0.1) is 32.6 Å². The Morgan fingerprint density at radius 2 is 2.05 bits per heavy atom. The Kier molecular flexibility index (Phi) is 4.66. The molecule has 2 rings (SSSR count). The topological polar surface area (TPSA) is 47.3 Å². The lowest BCUT2D eigenvalue weighted by atomic mass is 10.1. The summed E-state index contributed by atoms with van der Waals surface area (Å²) in [5.41, 5.74) is 5.31. The minimum absolute atomic E-state index is 0.148. The maximum atomic E-state index is 8.88. The van der Waals surface area contributed by atoms with Crippen LogP contribution in [0.5, 0.6) is 5.75 Å². The zero-order chi connectivity index (χ0) is 15.4. The largest absolute Gasteiger partial charge is 0.497 e. The second-order valence-electron chi connectivity index (χ2n) is 4.94. The Labute approximate surface area is 125 Å². The molecule has 0 unspecified atom stereocenters. The molecule has 0 saturated carbocycles. The molecule has 1 heterocycles. The molecule has 0 saturated heterocycles. The van der Waals surface area contributed by atoms with Crippen molar-refractivity contribution in [2.45, 2.75) is 27.3 Å². The van der Waals surface area contributed by atoms with E-state index in [-0.39, 0.29) is 6.61 Å². The van der Waals surface area contributed by atoms with Crippen LogP contribution in [0.3, 0.4) is 0 Å². The van der Waals surface area contributed by atoms with Crippen LogP contribution in [0.4, 0.5) is 0 Å². The molecule has 0 amide bonds. The van der Waals surface area contributed by atoms with Gasteiger partial charge in [-0.25, -0.2) is 0 Å². The molecule has 4 nitrogen and oxygen atoms in total. The number of benzene rings is 1.